The Bertz CT molecular complexity index is 784. The lowest BCUT2D eigenvalue weighted by Gasteiger charge is -2.13. The van der Waals surface area contributed by atoms with Gasteiger partial charge in [-0.2, -0.15) is 0 Å². The van der Waals surface area contributed by atoms with Crippen LogP contribution in [0.25, 0.3) is 11.0 Å². The minimum absolute atomic E-state index is 0.132. The number of hydrogen-bond donors (Lipinski definition) is 3. The Morgan fingerprint density at radius 3 is 2.57 bits per heavy atom. The Labute approximate surface area is 164 Å². The highest BCUT2D eigenvalue weighted by Gasteiger charge is 2.19. The summed E-state index contributed by atoms with van der Waals surface area (Å²) in [5.41, 5.74) is -0.543. The number of rotatable bonds is 13. The fourth-order valence-corrected chi connectivity index (χ4v) is 2.89. The van der Waals surface area contributed by atoms with Gasteiger partial charge in [0.1, 0.15) is 16.7 Å². The van der Waals surface area contributed by atoms with Crippen LogP contribution in [0.3, 0.4) is 0 Å². The van der Waals surface area contributed by atoms with Gasteiger partial charge in [-0.3, -0.25) is 0 Å². The SMILES string of the molecule is CCCCCCCCOc1c(O)c2c(OCCC(O)CO)cccc2oc1=O. The van der Waals surface area contributed by atoms with Crippen LogP contribution in [-0.2, 0) is 0 Å². The molecular formula is C21H30O7. The molecule has 0 saturated heterocycles. The van der Waals surface area contributed by atoms with Crippen molar-refractivity contribution in [1.82, 2.24) is 0 Å². The number of aromatic hydroxyl groups is 1. The average molecular weight is 394 g/mol. The van der Waals surface area contributed by atoms with Gasteiger partial charge < -0.3 is 29.2 Å². The molecule has 0 bridgehead atoms. The molecule has 28 heavy (non-hydrogen) atoms. The second kappa shape index (κ2) is 11.6. The van der Waals surface area contributed by atoms with E-state index in [0.717, 1.165) is 19.3 Å². The molecule has 156 valence electrons. The van der Waals surface area contributed by atoms with Gasteiger partial charge in [0, 0.05) is 6.42 Å². The van der Waals surface area contributed by atoms with E-state index >= 15 is 0 Å². The van der Waals surface area contributed by atoms with Gasteiger partial charge in [-0.1, -0.05) is 45.1 Å². The summed E-state index contributed by atoms with van der Waals surface area (Å²) in [7, 11) is 0. The van der Waals surface area contributed by atoms with E-state index in [1.54, 1.807) is 18.2 Å². The predicted molar refractivity (Wildman–Crippen MR) is 106 cm³/mol. The molecule has 0 aliphatic rings. The van der Waals surface area contributed by atoms with Gasteiger partial charge in [0.05, 0.1) is 25.9 Å². The van der Waals surface area contributed by atoms with Crippen molar-refractivity contribution < 1.29 is 29.2 Å². The summed E-state index contributed by atoms with van der Waals surface area (Å²) in [5, 5.41) is 29.1. The second-order valence-corrected chi connectivity index (χ2v) is 6.79. The third kappa shape index (κ3) is 6.14. The van der Waals surface area contributed by atoms with Crippen molar-refractivity contribution in [3.05, 3.63) is 28.6 Å². The van der Waals surface area contributed by atoms with Crippen molar-refractivity contribution in [2.45, 2.75) is 58.0 Å². The molecule has 7 heteroatoms. The van der Waals surface area contributed by atoms with Gasteiger partial charge in [-0.15, -0.1) is 0 Å². The number of hydrogen-bond acceptors (Lipinski definition) is 7. The molecule has 0 radical (unpaired) electrons. The van der Waals surface area contributed by atoms with Crippen LogP contribution in [0, 0.1) is 0 Å². The van der Waals surface area contributed by atoms with E-state index in [1.165, 1.54) is 19.3 Å². The molecule has 0 aliphatic heterocycles. The number of aliphatic hydroxyl groups is 2. The highest BCUT2D eigenvalue weighted by atomic mass is 16.5. The maximum Gasteiger partial charge on any atom is 0.383 e. The molecule has 1 atom stereocenters. The monoisotopic (exact) mass is 394 g/mol. The Hall–Kier alpha value is -2.25. The normalized spacial score (nSPS) is 12.2. The summed E-state index contributed by atoms with van der Waals surface area (Å²) in [4.78, 5) is 12.2. The largest absolute Gasteiger partial charge is 0.503 e. The van der Waals surface area contributed by atoms with Crippen molar-refractivity contribution in [3.63, 3.8) is 0 Å². The van der Waals surface area contributed by atoms with Gasteiger partial charge in [-0.05, 0) is 18.6 Å². The summed E-state index contributed by atoms with van der Waals surface area (Å²) in [6.45, 7) is 2.27. The van der Waals surface area contributed by atoms with Crippen LogP contribution >= 0.6 is 0 Å². The first-order valence-electron chi connectivity index (χ1n) is 9.91. The fraction of sp³-hybridized carbons (Fsp3) is 0.571. The van der Waals surface area contributed by atoms with Crippen molar-refractivity contribution in [3.8, 4) is 17.2 Å². The van der Waals surface area contributed by atoms with Crippen LogP contribution in [0.1, 0.15) is 51.9 Å². The first-order chi connectivity index (χ1) is 13.6. The maximum absolute atomic E-state index is 12.2. The number of benzene rings is 1. The molecule has 2 aromatic rings. The van der Waals surface area contributed by atoms with E-state index in [4.69, 9.17) is 19.0 Å². The standard InChI is InChI=1S/C21H30O7/c1-2-3-4-5-6-7-12-27-20-19(24)18-16(26-13-11-15(23)14-22)9-8-10-17(18)28-21(20)25/h8-10,15,22-24H,2-7,11-14H2,1H3. The molecule has 3 N–H and O–H groups in total. The minimum atomic E-state index is -0.877. The maximum atomic E-state index is 12.2. The quantitative estimate of drug-likeness (QED) is 0.353. The van der Waals surface area contributed by atoms with E-state index < -0.39 is 11.7 Å². The van der Waals surface area contributed by atoms with Crippen LogP contribution in [0.4, 0.5) is 0 Å². The molecule has 0 saturated carbocycles. The smallest absolute Gasteiger partial charge is 0.383 e. The number of fused-ring (bicyclic) bond motifs is 1. The lowest BCUT2D eigenvalue weighted by Crippen LogP contribution is -2.16. The highest BCUT2D eigenvalue weighted by Crippen LogP contribution is 2.37. The predicted octanol–water partition coefficient (Wildman–Crippen LogP) is 3.36. The van der Waals surface area contributed by atoms with E-state index in [-0.39, 0.29) is 42.1 Å². The lowest BCUT2D eigenvalue weighted by atomic mass is 10.1. The Morgan fingerprint density at radius 1 is 1.07 bits per heavy atom. The molecule has 0 amide bonds. The summed E-state index contributed by atoms with van der Waals surface area (Å²) >= 11 is 0. The van der Waals surface area contributed by atoms with E-state index in [1.807, 2.05) is 0 Å². The molecular weight excluding hydrogens is 364 g/mol. The Balaban J connectivity index is 2.07. The van der Waals surface area contributed by atoms with Crippen molar-refractivity contribution in [2.24, 2.45) is 0 Å². The van der Waals surface area contributed by atoms with Gasteiger partial charge >= 0.3 is 5.63 Å². The molecule has 1 unspecified atom stereocenters. The summed E-state index contributed by atoms with van der Waals surface area (Å²) < 4.78 is 16.4. The van der Waals surface area contributed by atoms with Crippen LogP contribution in [0.5, 0.6) is 17.2 Å². The topological polar surface area (TPSA) is 109 Å². The van der Waals surface area contributed by atoms with Gasteiger partial charge in [0.2, 0.25) is 5.75 Å². The fourth-order valence-electron chi connectivity index (χ4n) is 2.89. The van der Waals surface area contributed by atoms with Crippen molar-refractivity contribution in [1.29, 1.82) is 0 Å². The number of unbranched alkanes of at least 4 members (excludes halogenated alkanes) is 5. The summed E-state index contributed by atoms with van der Waals surface area (Å²) in [6, 6.07) is 4.83. The number of ether oxygens (including phenoxy) is 2. The molecule has 0 aliphatic carbocycles. The first-order valence-corrected chi connectivity index (χ1v) is 9.91. The molecule has 1 aromatic carbocycles. The lowest BCUT2D eigenvalue weighted by molar-refractivity contribution is 0.0756. The van der Waals surface area contributed by atoms with Gasteiger partial charge in [0.25, 0.3) is 0 Å². The van der Waals surface area contributed by atoms with Crippen molar-refractivity contribution >= 4 is 11.0 Å². The molecule has 7 nitrogen and oxygen atoms in total. The van der Waals surface area contributed by atoms with Crippen LogP contribution in [-0.4, -0.2) is 41.2 Å². The van der Waals surface area contributed by atoms with E-state index in [9.17, 15) is 15.0 Å². The molecule has 1 aromatic heterocycles. The molecule has 0 spiro atoms. The van der Waals surface area contributed by atoms with Crippen LogP contribution in [0.2, 0.25) is 0 Å². The Kier molecular flexibility index (Phi) is 9.10. The third-order valence-corrected chi connectivity index (χ3v) is 4.49. The molecule has 1 heterocycles. The molecule has 2 rings (SSSR count). The zero-order valence-corrected chi connectivity index (χ0v) is 16.4. The first kappa shape index (κ1) is 22.0. The average Bonchev–Trinajstić information content (AvgIpc) is 2.69. The van der Waals surface area contributed by atoms with Gasteiger partial charge in [-0.25, -0.2) is 4.79 Å². The van der Waals surface area contributed by atoms with Crippen molar-refractivity contribution in [2.75, 3.05) is 19.8 Å². The second-order valence-electron chi connectivity index (χ2n) is 6.79. The van der Waals surface area contributed by atoms with Crippen LogP contribution in [0.15, 0.2) is 27.4 Å². The van der Waals surface area contributed by atoms with Crippen LogP contribution < -0.4 is 15.1 Å². The van der Waals surface area contributed by atoms with E-state index in [0.29, 0.717) is 12.4 Å². The Morgan fingerprint density at radius 2 is 1.82 bits per heavy atom. The summed E-state index contributed by atoms with van der Waals surface area (Å²) in [6.07, 6.45) is 5.85. The minimum Gasteiger partial charge on any atom is -0.503 e. The number of aliphatic hydroxyl groups excluding tert-OH is 2. The zero-order chi connectivity index (χ0) is 20.4. The highest BCUT2D eigenvalue weighted by molar-refractivity contribution is 5.91. The van der Waals surface area contributed by atoms with E-state index in [2.05, 4.69) is 6.92 Å². The molecule has 0 fully saturated rings. The van der Waals surface area contributed by atoms with Gasteiger partial charge in [0.15, 0.2) is 5.75 Å². The summed E-state index contributed by atoms with van der Waals surface area (Å²) in [5.74, 6) is -0.212. The third-order valence-electron chi connectivity index (χ3n) is 4.49. The zero-order valence-electron chi connectivity index (χ0n) is 16.4.